The first kappa shape index (κ1) is 84.4. The number of rotatable bonds is 66. The van der Waals surface area contributed by atoms with Gasteiger partial charge in [0.2, 0.25) is 5.91 Å². The second-order valence-electron chi connectivity index (χ2n) is 26.4. The van der Waals surface area contributed by atoms with Crippen LogP contribution in [0, 0.1) is 0 Å². The molecule has 0 radical (unpaired) electrons. The van der Waals surface area contributed by atoms with Crippen LogP contribution in [-0.2, 0) is 23.8 Å². The molecule has 0 saturated carbocycles. The zero-order valence-corrected chi connectivity index (χ0v) is 58.1. The molecule has 0 aromatic rings. The average Bonchev–Trinajstić information content (AvgIpc) is 2.45. The second kappa shape index (κ2) is 65.4. The molecule has 1 amide bonds. The van der Waals surface area contributed by atoms with Crippen molar-refractivity contribution in [3.05, 3.63) is 60.8 Å². The Morgan fingerprint density at radius 2 is 0.775 bits per heavy atom. The van der Waals surface area contributed by atoms with Gasteiger partial charge in [0.15, 0.2) is 12.4 Å². The van der Waals surface area contributed by atoms with Gasteiger partial charge in [-0.2, -0.15) is 0 Å². The quantitative estimate of drug-likeness (QED) is 0.0195. The third-order valence-electron chi connectivity index (χ3n) is 17.9. The van der Waals surface area contributed by atoms with E-state index >= 15 is 0 Å². The topological polar surface area (TPSA) is 175 Å². The van der Waals surface area contributed by atoms with Crippen molar-refractivity contribution >= 4 is 11.9 Å². The Balaban J connectivity index is 2.51. The number of esters is 1. The van der Waals surface area contributed by atoms with Gasteiger partial charge in [-0.15, -0.1) is 0 Å². The maximum atomic E-state index is 13.5. The largest absolute Gasteiger partial charge is 0.454 e. The summed E-state index contributed by atoms with van der Waals surface area (Å²) >= 11 is 0. The van der Waals surface area contributed by atoms with Gasteiger partial charge in [-0.1, -0.05) is 345 Å². The van der Waals surface area contributed by atoms with Gasteiger partial charge in [0.05, 0.1) is 25.4 Å². The summed E-state index contributed by atoms with van der Waals surface area (Å²) < 4.78 is 17.7. The van der Waals surface area contributed by atoms with Crippen LogP contribution in [0.1, 0.15) is 361 Å². The molecule has 89 heavy (non-hydrogen) atoms. The number of ether oxygens (including phenoxy) is 3. The van der Waals surface area contributed by atoms with E-state index in [2.05, 4.69) is 74.7 Å². The summed E-state index contributed by atoms with van der Waals surface area (Å²) in [6.07, 6.45) is 74.1. The Kier molecular flexibility index (Phi) is 62.0. The van der Waals surface area contributed by atoms with E-state index < -0.39 is 67.4 Å². The molecule has 0 spiro atoms. The summed E-state index contributed by atoms with van der Waals surface area (Å²) in [5, 5.41) is 57.3. The van der Waals surface area contributed by atoms with E-state index in [0.717, 1.165) is 83.5 Å². The highest BCUT2D eigenvalue weighted by atomic mass is 16.7. The van der Waals surface area contributed by atoms with Crippen LogP contribution in [-0.4, -0.2) is 99.6 Å². The first-order valence-corrected chi connectivity index (χ1v) is 38.1. The zero-order valence-electron chi connectivity index (χ0n) is 58.1. The van der Waals surface area contributed by atoms with Crippen molar-refractivity contribution in [2.24, 2.45) is 0 Å². The summed E-state index contributed by atoms with van der Waals surface area (Å²) in [6, 6.07) is -1.03. The molecule has 1 aliphatic heterocycles. The zero-order chi connectivity index (χ0) is 64.6. The molecule has 1 fully saturated rings. The Labute approximate surface area is 548 Å². The third-order valence-corrected chi connectivity index (χ3v) is 17.9. The molecule has 8 unspecified atom stereocenters. The summed E-state index contributed by atoms with van der Waals surface area (Å²) in [6.45, 7) is 5.81. The van der Waals surface area contributed by atoms with Crippen LogP contribution in [0.25, 0.3) is 0 Å². The Hall–Kier alpha value is -2.64. The Morgan fingerprint density at radius 1 is 0.438 bits per heavy atom. The number of amides is 1. The molecule has 0 bridgehead atoms. The van der Waals surface area contributed by atoms with Crippen LogP contribution in [0.2, 0.25) is 0 Å². The van der Waals surface area contributed by atoms with E-state index in [1.165, 1.54) is 231 Å². The van der Waals surface area contributed by atoms with Crippen molar-refractivity contribution < 1.29 is 49.3 Å². The molecule has 0 aromatic carbocycles. The number of unbranched alkanes of at least 4 members (excludes halogenated alkanes) is 44. The van der Waals surface area contributed by atoms with Gasteiger partial charge < -0.3 is 45.1 Å². The lowest BCUT2D eigenvalue weighted by atomic mass is 9.99. The smallest absolute Gasteiger partial charge is 0.306 e. The second-order valence-corrected chi connectivity index (χ2v) is 26.4. The summed E-state index contributed by atoms with van der Waals surface area (Å²) in [5.41, 5.74) is 0. The van der Waals surface area contributed by atoms with E-state index in [1.807, 2.05) is 6.08 Å². The number of aliphatic hydroxyl groups is 5. The van der Waals surface area contributed by atoms with Crippen LogP contribution < -0.4 is 5.32 Å². The van der Waals surface area contributed by atoms with E-state index in [0.29, 0.717) is 12.8 Å². The molecule has 1 saturated heterocycles. The highest BCUT2D eigenvalue weighted by Crippen LogP contribution is 2.27. The van der Waals surface area contributed by atoms with Crippen LogP contribution >= 0.6 is 0 Å². The minimum atomic E-state index is -1.61. The van der Waals surface area contributed by atoms with Gasteiger partial charge in [-0.3, -0.25) is 9.59 Å². The van der Waals surface area contributed by atoms with Gasteiger partial charge in [-0.25, -0.2) is 0 Å². The Bertz CT molecular complexity index is 1680. The minimum absolute atomic E-state index is 0.127. The summed E-state index contributed by atoms with van der Waals surface area (Å²) in [4.78, 5) is 26.7. The van der Waals surface area contributed by atoms with Crippen molar-refractivity contribution in [3.8, 4) is 0 Å². The first-order chi connectivity index (χ1) is 43.7. The molecule has 11 heteroatoms. The van der Waals surface area contributed by atoms with Gasteiger partial charge in [-0.05, 0) is 70.6 Å². The van der Waals surface area contributed by atoms with Crippen molar-refractivity contribution in [1.29, 1.82) is 0 Å². The predicted octanol–water partition coefficient (Wildman–Crippen LogP) is 20.1. The van der Waals surface area contributed by atoms with Gasteiger partial charge in [0, 0.05) is 6.42 Å². The van der Waals surface area contributed by atoms with Gasteiger partial charge in [0.1, 0.15) is 24.4 Å². The molecule has 0 aliphatic carbocycles. The number of aliphatic hydroxyl groups excluding tert-OH is 5. The minimum Gasteiger partial charge on any atom is -0.454 e. The number of hydrogen-bond acceptors (Lipinski definition) is 10. The first-order valence-electron chi connectivity index (χ1n) is 38.1. The summed E-state index contributed by atoms with van der Waals surface area (Å²) in [5.74, 6) is -1.18. The standard InChI is InChI=1S/C78H143NO10/c1-4-7-10-13-16-19-22-24-26-28-30-32-34-35-36-38-39-41-43-45-47-50-53-56-59-62-65-71(82)77(86)79-69(70(81)64-61-58-55-52-49-21-18-15-12-9-6-3)68-87-78-76(75(85)74(84)72(67-80)88-78)89-73(83)66-63-60-57-54-51-48-46-44-42-40-37-33-31-29-27-25-23-20-17-14-11-8-5-2/h16,19,24,26,30,32,35-36,61,64,69-72,74-76,78,80-82,84-85H,4-15,17-18,20-23,25,27-29,31,33-34,37-60,62-63,65-68H2,1-3H3,(H,79,86)/b19-16-,26-24-,32-30-,36-35-,64-61+. The fourth-order valence-electron chi connectivity index (χ4n) is 11.9. The van der Waals surface area contributed by atoms with Gasteiger partial charge in [0.25, 0.3) is 0 Å². The van der Waals surface area contributed by atoms with Crippen LogP contribution in [0.5, 0.6) is 0 Å². The van der Waals surface area contributed by atoms with Crippen molar-refractivity contribution in [1.82, 2.24) is 5.32 Å². The van der Waals surface area contributed by atoms with Crippen LogP contribution in [0.15, 0.2) is 60.8 Å². The Morgan fingerprint density at radius 3 is 1.18 bits per heavy atom. The monoisotopic (exact) mass is 1250 g/mol. The maximum absolute atomic E-state index is 13.5. The SMILES string of the molecule is CCCCC/C=C\C/C=C\C/C=C\C/C=C\CCCCCCCCCCCCC(O)C(=O)NC(COC1OC(CO)C(O)C(O)C1OC(=O)CCCCCCCCCCCCCCCCCCCCCCCCC)C(O)/C=C/CCCCCCCCCCC. The van der Waals surface area contributed by atoms with Crippen molar-refractivity contribution in [2.45, 2.75) is 410 Å². The normalized spacial score (nSPS) is 18.4. The number of carbonyl (C=O) groups excluding carboxylic acids is 2. The van der Waals surface area contributed by atoms with Gasteiger partial charge >= 0.3 is 5.97 Å². The predicted molar refractivity (Wildman–Crippen MR) is 375 cm³/mol. The highest BCUT2D eigenvalue weighted by Gasteiger charge is 2.47. The molecule has 11 nitrogen and oxygen atoms in total. The fourth-order valence-corrected chi connectivity index (χ4v) is 11.9. The molecule has 8 atom stereocenters. The number of carbonyl (C=O) groups is 2. The lowest BCUT2D eigenvalue weighted by Gasteiger charge is -2.41. The third kappa shape index (κ3) is 52.4. The number of allylic oxidation sites excluding steroid dienone is 9. The summed E-state index contributed by atoms with van der Waals surface area (Å²) in [7, 11) is 0. The van der Waals surface area contributed by atoms with Crippen molar-refractivity contribution in [3.63, 3.8) is 0 Å². The van der Waals surface area contributed by atoms with E-state index in [9.17, 15) is 35.1 Å². The molecule has 1 aliphatic rings. The molecule has 0 aromatic heterocycles. The maximum Gasteiger partial charge on any atom is 0.306 e. The molecule has 520 valence electrons. The molecular weight excluding hydrogens is 1110 g/mol. The van der Waals surface area contributed by atoms with Crippen LogP contribution in [0.4, 0.5) is 0 Å². The number of nitrogens with one attached hydrogen (secondary N) is 1. The lowest BCUT2D eigenvalue weighted by molar-refractivity contribution is -0.305. The molecular formula is C78H143NO10. The van der Waals surface area contributed by atoms with Crippen molar-refractivity contribution in [2.75, 3.05) is 13.2 Å². The van der Waals surface area contributed by atoms with E-state index in [-0.39, 0.29) is 19.4 Å². The molecule has 6 N–H and O–H groups in total. The van der Waals surface area contributed by atoms with E-state index in [4.69, 9.17) is 14.2 Å². The van der Waals surface area contributed by atoms with E-state index in [1.54, 1.807) is 6.08 Å². The van der Waals surface area contributed by atoms with Crippen LogP contribution in [0.3, 0.4) is 0 Å². The molecule has 1 heterocycles. The lowest BCUT2D eigenvalue weighted by Crippen LogP contribution is -2.61. The average molecular weight is 1250 g/mol. The number of hydrogen-bond donors (Lipinski definition) is 6. The highest BCUT2D eigenvalue weighted by molar-refractivity contribution is 5.80. The fraction of sp³-hybridized carbons (Fsp3) is 0.846. The molecule has 1 rings (SSSR count).